The zero-order chi connectivity index (χ0) is 19.8. The Morgan fingerprint density at radius 3 is 2.50 bits per heavy atom. The molecule has 28 heavy (non-hydrogen) atoms. The molecule has 0 aliphatic heterocycles. The molecule has 2 N–H and O–H groups in total. The smallest absolute Gasteiger partial charge is 0.228 e. The van der Waals surface area contributed by atoms with Crippen molar-refractivity contribution in [1.82, 2.24) is 15.3 Å². The highest BCUT2D eigenvalue weighted by atomic mass is 16.1. The maximum absolute atomic E-state index is 11.1. The molecule has 1 heterocycles. The van der Waals surface area contributed by atoms with Gasteiger partial charge in [-0.1, -0.05) is 36.3 Å². The lowest BCUT2D eigenvalue weighted by atomic mass is 10.1. The van der Waals surface area contributed by atoms with Crippen LogP contribution in [0.3, 0.4) is 0 Å². The molecule has 5 nitrogen and oxygen atoms in total. The third-order valence-electron chi connectivity index (χ3n) is 3.97. The molecule has 2 aromatic carbocycles. The Labute approximate surface area is 165 Å². The molecular weight excluding hydrogens is 348 g/mol. The lowest BCUT2D eigenvalue weighted by Gasteiger charge is -2.12. The van der Waals surface area contributed by atoms with Crippen molar-refractivity contribution < 1.29 is 4.79 Å². The summed E-state index contributed by atoms with van der Waals surface area (Å²) in [5.41, 5.74) is 3.64. The van der Waals surface area contributed by atoms with Crippen LogP contribution >= 0.6 is 0 Å². The first-order chi connectivity index (χ1) is 13.6. The van der Waals surface area contributed by atoms with E-state index in [1.165, 1.54) is 6.92 Å². The van der Waals surface area contributed by atoms with E-state index in [-0.39, 0.29) is 11.9 Å². The SMILES string of the molecule is CC(=O)NC(C)Cc1ccc(C#Cc2ccnc(Nc3ccccc3)n2)cc1. The molecule has 1 atom stereocenters. The summed E-state index contributed by atoms with van der Waals surface area (Å²) in [6.07, 6.45) is 2.47. The number of nitrogens with one attached hydrogen (secondary N) is 2. The van der Waals surface area contributed by atoms with E-state index < -0.39 is 0 Å². The largest absolute Gasteiger partial charge is 0.354 e. The lowest BCUT2D eigenvalue weighted by Crippen LogP contribution is -2.31. The number of hydrogen-bond donors (Lipinski definition) is 2. The van der Waals surface area contributed by atoms with E-state index in [1.807, 2.05) is 61.5 Å². The molecule has 0 saturated heterocycles. The topological polar surface area (TPSA) is 66.9 Å². The van der Waals surface area contributed by atoms with Crippen LogP contribution < -0.4 is 10.6 Å². The van der Waals surface area contributed by atoms with Gasteiger partial charge in [0.1, 0.15) is 5.69 Å². The predicted molar refractivity (Wildman–Crippen MR) is 111 cm³/mol. The molecule has 3 rings (SSSR count). The monoisotopic (exact) mass is 370 g/mol. The van der Waals surface area contributed by atoms with Crippen molar-refractivity contribution in [3.8, 4) is 11.8 Å². The molecule has 140 valence electrons. The minimum Gasteiger partial charge on any atom is -0.354 e. The van der Waals surface area contributed by atoms with Crippen LogP contribution in [0.4, 0.5) is 11.6 Å². The minimum atomic E-state index is -0.0130. The summed E-state index contributed by atoms with van der Waals surface area (Å²) in [6.45, 7) is 3.52. The first-order valence-corrected chi connectivity index (χ1v) is 9.12. The third kappa shape index (κ3) is 5.96. The fourth-order valence-corrected chi connectivity index (χ4v) is 2.75. The molecule has 1 unspecified atom stereocenters. The van der Waals surface area contributed by atoms with Gasteiger partial charge in [-0.2, -0.15) is 0 Å². The van der Waals surface area contributed by atoms with Crippen LogP contribution in [-0.2, 0) is 11.2 Å². The van der Waals surface area contributed by atoms with Crippen LogP contribution in [-0.4, -0.2) is 21.9 Å². The van der Waals surface area contributed by atoms with Crippen molar-refractivity contribution >= 4 is 17.5 Å². The molecule has 0 radical (unpaired) electrons. The lowest BCUT2D eigenvalue weighted by molar-refractivity contribution is -0.119. The zero-order valence-corrected chi connectivity index (χ0v) is 15.9. The zero-order valence-electron chi connectivity index (χ0n) is 15.9. The number of nitrogens with zero attached hydrogens (tertiary/aromatic N) is 2. The number of carbonyl (C=O) groups excluding carboxylic acids is 1. The van der Waals surface area contributed by atoms with Gasteiger partial charge in [-0.3, -0.25) is 4.79 Å². The fourth-order valence-electron chi connectivity index (χ4n) is 2.75. The Morgan fingerprint density at radius 1 is 1.04 bits per heavy atom. The summed E-state index contributed by atoms with van der Waals surface area (Å²) in [5, 5.41) is 6.05. The Morgan fingerprint density at radius 2 is 1.79 bits per heavy atom. The molecule has 0 aliphatic carbocycles. The van der Waals surface area contributed by atoms with Crippen molar-refractivity contribution in [2.45, 2.75) is 26.3 Å². The summed E-state index contributed by atoms with van der Waals surface area (Å²) in [5.74, 6) is 6.70. The maximum Gasteiger partial charge on any atom is 0.228 e. The van der Waals surface area contributed by atoms with E-state index in [4.69, 9.17) is 0 Å². The highest BCUT2D eigenvalue weighted by molar-refractivity contribution is 5.73. The van der Waals surface area contributed by atoms with E-state index in [0.717, 1.165) is 23.2 Å². The molecular formula is C23H22N4O. The van der Waals surface area contributed by atoms with Gasteiger partial charge in [-0.25, -0.2) is 9.97 Å². The molecule has 1 amide bonds. The molecule has 0 fully saturated rings. The first kappa shape index (κ1) is 19.1. The van der Waals surface area contributed by atoms with Crippen LogP contribution in [0.1, 0.15) is 30.7 Å². The summed E-state index contributed by atoms with van der Waals surface area (Å²) in [4.78, 5) is 19.8. The van der Waals surface area contributed by atoms with Crippen molar-refractivity contribution in [2.75, 3.05) is 5.32 Å². The highest BCUT2D eigenvalue weighted by Crippen LogP contribution is 2.11. The van der Waals surface area contributed by atoms with Gasteiger partial charge in [0.15, 0.2) is 0 Å². The number of anilines is 2. The number of carbonyl (C=O) groups is 1. The Hall–Kier alpha value is -3.65. The van der Waals surface area contributed by atoms with E-state index in [1.54, 1.807) is 12.3 Å². The van der Waals surface area contributed by atoms with Gasteiger partial charge in [-0.15, -0.1) is 0 Å². The average molecular weight is 370 g/mol. The average Bonchev–Trinajstić information content (AvgIpc) is 2.68. The van der Waals surface area contributed by atoms with E-state index in [0.29, 0.717) is 11.6 Å². The van der Waals surface area contributed by atoms with Gasteiger partial charge in [0, 0.05) is 30.4 Å². The van der Waals surface area contributed by atoms with Crippen molar-refractivity contribution in [2.24, 2.45) is 0 Å². The number of aromatic nitrogens is 2. The molecule has 0 saturated carbocycles. The van der Waals surface area contributed by atoms with E-state index in [9.17, 15) is 4.79 Å². The van der Waals surface area contributed by atoms with Gasteiger partial charge >= 0.3 is 0 Å². The van der Waals surface area contributed by atoms with Crippen LogP contribution in [0.5, 0.6) is 0 Å². The van der Waals surface area contributed by atoms with Crippen LogP contribution in [0.2, 0.25) is 0 Å². The Kier molecular flexibility index (Phi) is 6.37. The van der Waals surface area contributed by atoms with Gasteiger partial charge in [0.25, 0.3) is 0 Å². The van der Waals surface area contributed by atoms with Crippen LogP contribution in [0.25, 0.3) is 0 Å². The maximum atomic E-state index is 11.1. The Balaban J connectivity index is 1.65. The molecule has 0 aliphatic rings. The molecule has 0 spiro atoms. The number of benzene rings is 2. The molecule has 0 bridgehead atoms. The van der Waals surface area contributed by atoms with Gasteiger partial charge in [0.2, 0.25) is 11.9 Å². The molecule has 1 aromatic heterocycles. The van der Waals surface area contributed by atoms with Crippen LogP contribution in [0, 0.1) is 11.8 Å². The first-order valence-electron chi connectivity index (χ1n) is 9.12. The van der Waals surface area contributed by atoms with Crippen molar-refractivity contribution in [3.63, 3.8) is 0 Å². The van der Waals surface area contributed by atoms with E-state index >= 15 is 0 Å². The second kappa shape index (κ2) is 9.33. The van der Waals surface area contributed by atoms with Gasteiger partial charge in [-0.05, 0) is 55.2 Å². The van der Waals surface area contributed by atoms with Gasteiger partial charge in [0.05, 0.1) is 0 Å². The fraction of sp³-hybridized carbons (Fsp3) is 0.174. The van der Waals surface area contributed by atoms with E-state index in [2.05, 4.69) is 32.4 Å². The number of amides is 1. The summed E-state index contributed by atoms with van der Waals surface area (Å²) in [6, 6.07) is 19.7. The second-order valence-electron chi connectivity index (χ2n) is 6.51. The quantitative estimate of drug-likeness (QED) is 0.672. The number of hydrogen-bond acceptors (Lipinski definition) is 4. The third-order valence-corrected chi connectivity index (χ3v) is 3.97. The number of para-hydroxylation sites is 1. The molecule has 3 aromatic rings. The van der Waals surface area contributed by atoms with Crippen LogP contribution in [0.15, 0.2) is 66.9 Å². The minimum absolute atomic E-state index is 0.0130. The summed E-state index contributed by atoms with van der Waals surface area (Å²) < 4.78 is 0. The summed E-state index contributed by atoms with van der Waals surface area (Å²) in [7, 11) is 0. The highest BCUT2D eigenvalue weighted by Gasteiger charge is 2.04. The normalized spacial score (nSPS) is 11.1. The second-order valence-corrected chi connectivity index (χ2v) is 6.51. The Bertz CT molecular complexity index is 988. The number of rotatable bonds is 5. The predicted octanol–water partition coefficient (Wildman–Crippen LogP) is 3.69. The standard InChI is InChI=1S/C23H22N4O/c1-17(25-18(2)28)16-20-10-8-19(9-11-20)12-13-22-14-15-24-23(27-22)26-21-6-4-3-5-7-21/h3-11,14-15,17H,16H2,1-2H3,(H,25,28)(H,24,26,27). The van der Waals surface area contributed by atoms with Crippen molar-refractivity contribution in [1.29, 1.82) is 0 Å². The summed E-state index contributed by atoms with van der Waals surface area (Å²) >= 11 is 0. The van der Waals surface area contributed by atoms with Crippen molar-refractivity contribution in [3.05, 3.63) is 83.7 Å². The molecule has 5 heteroatoms. The van der Waals surface area contributed by atoms with Gasteiger partial charge < -0.3 is 10.6 Å².